The molecule has 3 rings (SSSR count). The Labute approximate surface area is 156 Å². The molecule has 0 aliphatic rings. The van der Waals surface area contributed by atoms with Gasteiger partial charge in [0.15, 0.2) is 5.16 Å². The number of carbonyl (C=O) groups excluding carboxylic acids is 1. The quantitative estimate of drug-likeness (QED) is 0.494. The summed E-state index contributed by atoms with van der Waals surface area (Å²) in [6.07, 6.45) is 0.825. The highest BCUT2D eigenvalue weighted by Gasteiger charge is 2.15. The van der Waals surface area contributed by atoms with Crippen molar-refractivity contribution >= 4 is 34.3 Å². The largest absolute Gasteiger partial charge is 0.315 e. The van der Waals surface area contributed by atoms with E-state index in [0.717, 1.165) is 12.1 Å². The second-order valence-corrected chi connectivity index (χ2v) is 6.89. The van der Waals surface area contributed by atoms with Gasteiger partial charge < -0.3 is 4.90 Å². The van der Waals surface area contributed by atoms with E-state index in [2.05, 4.69) is 4.98 Å². The number of benzene rings is 2. The number of amides is 1. The lowest BCUT2D eigenvalue weighted by Crippen LogP contribution is -2.29. The van der Waals surface area contributed by atoms with Crippen LogP contribution in [0.15, 0.2) is 64.5 Å². The van der Waals surface area contributed by atoms with Gasteiger partial charge in [-0.2, -0.15) is 0 Å². The maximum atomic E-state index is 12.8. The van der Waals surface area contributed by atoms with Crippen molar-refractivity contribution in [1.82, 2.24) is 9.55 Å². The van der Waals surface area contributed by atoms with Crippen LogP contribution in [-0.4, -0.2) is 28.3 Å². The molecule has 0 atom stereocenters. The number of para-hydroxylation sites is 2. The minimum Gasteiger partial charge on any atom is -0.315 e. The van der Waals surface area contributed by atoms with Crippen LogP contribution in [0.4, 0.5) is 5.69 Å². The Hall–Kier alpha value is -2.60. The second kappa shape index (κ2) is 8.19. The Morgan fingerprint density at radius 2 is 1.81 bits per heavy atom. The molecule has 0 aliphatic carbocycles. The van der Waals surface area contributed by atoms with Crippen LogP contribution in [0.3, 0.4) is 0 Å². The highest BCUT2D eigenvalue weighted by Crippen LogP contribution is 2.20. The number of anilines is 1. The summed E-state index contributed by atoms with van der Waals surface area (Å²) < 4.78 is 1.67. The first-order valence-corrected chi connectivity index (χ1v) is 9.54. The number of rotatable bonds is 6. The van der Waals surface area contributed by atoms with E-state index >= 15 is 0 Å². The predicted octanol–water partition coefficient (Wildman–Crippen LogP) is 3.56. The fourth-order valence-electron chi connectivity index (χ4n) is 2.70. The van der Waals surface area contributed by atoms with E-state index < -0.39 is 0 Å². The van der Waals surface area contributed by atoms with Crippen molar-refractivity contribution in [3.8, 4) is 0 Å². The van der Waals surface area contributed by atoms with Gasteiger partial charge in [-0.25, -0.2) is 4.98 Å². The molecule has 1 aromatic heterocycles. The Balaban J connectivity index is 1.85. The Morgan fingerprint density at radius 1 is 1.12 bits per heavy atom. The Kier molecular flexibility index (Phi) is 5.73. The van der Waals surface area contributed by atoms with Gasteiger partial charge in [-0.05, 0) is 30.7 Å². The molecule has 0 spiro atoms. The molecule has 0 saturated heterocycles. The van der Waals surface area contributed by atoms with Crippen molar-refractivity contribution < 1.29 is 4.79 Å². The van der Waals surface area contributed by atoms with Gasteiger partial charge in [0.1, 0.15) is 0 Å². The summed E-state index contributed by atoms with van der Waals surface area (Å²) >= 11 is 1.31. The summed E-state index contributed by atoms with van der Waals surface area (Å²) in [7, 11) is 1.76. The summed E-state index contributed by atoms with van der Waals surface area (Å²) in [4.78, 5) is 31.5. The predicted molar refractivity (Wildman–Crippen MR) is 107 cm³/mol. The number of fused-ring (bicyclic) bond motifs is 1. The van der Waals surface area contributed by atoms with Gasteiger partial charge in [0.25, 0.3) is 5.56 Å². The molecule has 0 aliphatic heterocycles. The Bertz CT molecular complexity index is 970. The van der Waals surface area contributed by atoms with Crippen LogP contribution >= 0.6 is 11.8 Å². The third-order valence-electron chi connectivity index (χ3n) is 4.12. The van der Waals surface area contributed by atoms with E-state index in [0.29, 0.717) is 22.6 Å². The molecule has 0 radical (unpaired) electrons. The van der Waals surface area contributed by atoms with Gasteiger partial charge in [-0.1, -0.05) is 49.0 Å². The van der Waals surface area contributed by atoms with Crippen molar-refractivity contribution in [2.45, 2.75) is 25.0 Å². The smallest absolute Gasteiger partial charge is 0.262 e. The fourth-order valence-corrected chi connectivity index (χ4v) is 3.64. The molecule has 5 nitrogen and oxygen atoms in total. The molecule has 0 unspecified atom stereocenters. The monoisotopic (exact) mass is 367 g/mol. The topological polar surface area (TPSA) is 55.2 Å². The lowest BCUT2D eigenvalue weighted by molar-refractivity contribution is -0.115. The molecular weight excluding hydrogens is 346 g/mol. The molecule has 1 heterocycles. The van der Waals surface area contributed by atoms with Crippen molar-refractivity contribution in [3.05, 3.63) is 65.0 Å². The minimum absolute atomic E-state index is 0.0355. The summed E-state index contributed by atoms with van der Waals surface area (Å²) in [5.74, 6) is 0.187. The molecule has 134 valence electrons. The van der Waals surface area contributed by atoms with E-state index in [1.54, 1.807) is 22.6 Å². The summed E-state index contributed by atoms with van der Waals surface area (Å²) in [5, 5.41) is 1.20. The van der Waals surface area contributed by atoms with E-state index in [1.165, 1.54) is 11.8 Å². The van der Waals surface area contributed by atoms with Crippen molar-refractivity contribution in [3.63, 3.8) is 0 Å². The molecule has 0 saturated carbocycles. The molecular formula is C20H21N3O2S. The Morgan fingerprint density at radius 3 is 2.54 bits per heavy atom. The van der Waals surface area contributed by atoms with Crippen LogP contribution in [0, 0.1) is 0 Å². The van der Waals surface area contributed by atoms with E-state index in [4.69, 9.17) is 0 Å². The first-order chi connectivity index (χ1) is 12.6. The van der Waals surface area contributed by atoms with E-state index in [-0.39, 0.29) is 17.2 Å². The van der Waals surface area contributed by atoms with Crippen LogP contribution in [0.1, 0.15) is 13.3 Å². The molecule has 1 amide bonds. The first kappa shape index (κ1) is 18.2. The third kappa shape index (κ3) is 3.80. The van der Waals surface area contributed by atoms with Crippen molar-refractivity contribution in [2.75, 3.05) is 17.7 Å². The zero-order chi connectivity index (χ0) is 18.5. The van der Waals surface area contributed by atoms with E-state index in [1.807, 2.05) is 55.5 Å². The van der Waals surface area contributed by atoms with Crippen LogP contribution in [-0.2, 0) is 11.3 Å². The highest BCUT2D eigenvalue weighted by molar-refractivity contribution is 7.99. The lowest BCUT2D eigenvalue weighted by atomic mass is 10.2. The van der Waals surface area contributed by atoms with E-state index in [9.17, 15) is 9.59 Å². The minimum atomic E-state index is -0.0520. The molecule has 0 N–H and O–H groups in total. The highest BCUT2D eigenvalue weighted by atomic mass is 32.2. The number of hydrogen-bond acceptors (Lipinski definition) is 4. The maximum Gasteiger partial charge on any atom is 0.262 e. The van der Waals surface area contributed by atoms with Gasteiger partial charge in [-0.3, -0.25) is 14.2 Å². The van der Waals surface area contributed by atoms with Gasteiger partial charge >= 0.3 is 0 Å². The zero-order valence-corrected chi connectivity index (χ0v) is 15.7. The summed E-state index contributed by atoms with van der Waals surface area (Å²) in [5.41, 5.74) is 1.45. The van der Waals surface area contributed by atoms with Gasteiger partial charge in [0.05, 0.1) is 16.7 Å². The van der Waals surface area contributed by atoms with Crippen LogP contribution in [0.5, 0.6) is 0 Å². The fraction of sp³-hybridized carbons (Fsp3) is 0.250. The summed E-state index contributed by atoms with van der Waals surface area (Å²) in [6.45, 7) is 2.60. The average molecular weight is 367 g/mol. The van der Waals surface area contributed by atoms with Crippen molar-refractivity contribution in [1.29, 1.82) is 0 Å². The van der Waals surface area contributed by atoms with Gasteiger partial charge in [0, 0.05) is 19.3 Å². The number of nitrogens with zero attached hydrogens (tertiary/aromatic N) is 3. The van der Waals surface area contributed by atoms with Gasteiger partial charge in [0.2, 0.25) is 5.91 Å². The molecule has 2 aromatic carbocycles. The van der Waals surface area contributed by atoms with Gasteiger partial charge in [-0.15, -0.1) is 0 Å². The molecule has 0 fully saturated rings. The molecule has 6 heteroatoms. The summed E-state index contributed by atoms with van der Waals surface area (Å²) in [6, 6.07) is 16.8. The third-order valence-corrected chi connectivity index (χ3v) is 5.08. The normalized spacial score (nSPS) is 10.8. The number of hydrogen-bond donors (Lipinski definition) is 0. The SMILES string of the molecule is CCCn1c(SCC(=O)N(C)c2ccccc2)nc2ccccc2c1=O. The first-order valence-electron chi connectivity index (χ1n) is 8.55. The molecule has 3 aromatic rings. The average Bonchev–Trinajstić information content (AvgIpc) is 2.68. The van der Waals surface area contributed by atoms with Crippen LogP contribution in [0.25, 0.3) is 10.9 Å². The number of aromatic nitrogens is 2. The standard InChI is InChI=1S/C20H21N3O2S/c1-3-13-23-19(25)16-11-7-8-12-17(16)21-20(23)26-14-18(24)22(2)15-9-5-4-6-10-15/h4-12H,3,13-14H2,1-2H3. The number of thioether (sulfide) groups is 1. The number of carbonyl (C=O) groups is 1. The molecule has 0 bridgehead atoms. The maximum absolute atomic E-state index is 12.8. The van der Waals surface area contributed by atoms with Crippen LogP contribution in [0.2, 0.25) is 0 Å². The second-order valence-electron chi connectivity index (χ2n) is 5.95. The van der Waals surface area contributed by atoms with Crippen LogP contribution < -0.4 is 10.5 Å². The van der Waals surface area contributed by atoms with Crippen molar-refractivity contribution in [2.24, 2.45) is 0 Å². The zero-order valence-electron chi connectivity index (χ0n) is 14.9. The lowest BCUT2D eigenvalue weighted by Gasteiger charge is -2.17. The molecule has 26 heavy (non-hydrogen) atoms.